The predicted octanol–water partition coefficient (Wildman–Crippen LogP) is 5.27. The van der Waals surface area contributed by atoms with Gasteiger partial charge in [-0.05, 0) is 80.4 Å². The molecule has 0 saturated heterocycles. The molecule has 3 amide bonds. The largest absolute Gasteiger partial charge is 0.492 e. The summed E-state index contributed by atoms with van der Waals surface area (Å²) in [7, 11) is 0. The molecule has 0 spiro atoms. The van der Waals surface area contributed by atoms with Crippen molar-refractivity contribution in [1.29, 1.82) is 0 Å². The van der Waals surface area contributed by atoms with Gasteiger partial charge in [0.2, 0.25) is 0 Å². The molecule has 8 nitrogen and oxygen atoms in total. The summed E-state index contributed by atoms with van der Waals surface area (Å²) in [6.07, 6.45) is 0. The third kappa shape index (κ3) is 5.34. The molecule has 36 heavy (non-hydrogen) atoms. The van der Waals surface area contributed by atoms with Crippen LogP contribution in [0.1, 0.15) is 28.5 Å². The Hall–Kier alpha value is -4.30. The second-order valence-electron chi connectivity index (χ2n) is 8.15. The molecule has 4 aromatic rings. The molecule has 0 fully saturated rings. The van der Waals surface area contributed by atoms with Crippen LogP contribution in [0.25, 0.3) is 10.9 Å². The van der Waals surface area contributed by atoms with Crippen LogP contribution < -0.4 is 20.8 Å². The average Bonchev–Trinajstić information content (AvgIpc) is 3.20. The van der Waals surface area contributed by atoms with Crippen molar-refractivity contribution in [2.24, 2.45) is 0 Å². The van der Waals surface area contributed by atoms with Crippen LogP contribution in [0.3, 0.4) is 0 Å². The summed E-state index contributed by atoms with van der Waals surface area (Å²) in [5.41, 5.74) is 6.25. The summed E-state index contributed by atoms with van der Waals surface area (Å²) in [5.74, 6) is -1.91. The van der Waals surface area contributed by atoms with E-state index in [9.17, 15) is 14.4 Å². The predicted molar refractivity (Wildman–Crippen MR) is 141 cm³/mol. The van der Waals surface area contributed by atoms with Crippen LogP contribution in [0.5, 0.6) is 5.75 Å². The first kappa shape index (κ1) is 24.8. The van der Waals surface area contributed by atoms with Gasteiger partial charge in [-0.25, -0.2) is 4.68 Å². The van der Waals surface area contributed by atoms with Crippen molar-refractivity contribution in [2.45, 2.75) is 20.8 Å². The van der Waals surface area contributed by atoms with E-state index in [0.29, 0.717) is 39.7 Å². The highest BCUT2D eigenvalue weighted by molar-refractivity contribution is 6.42. The molecule has 4 rings (SSSR count). The molecule has 0 saturated carbocycles. The molecule has 0 radical (unpaired) electrons. The topological polar surface area (TPSA) is 101 Å². The van der Waals surface area contributed by atoms with E-state index >= 15 is 0 Å². The van der Waals surface area contributed by atoms with Crippen molar-refractivity contribution >= 4 is 51.6 Å². The number of halogens is 1. The monoisotopic (exact) mass is 504 g/mol. The van der Waals surface area contributed by atoms with Crippen LogP contribution in [-0.2, 0) is 9.59 Å². The van der Waals surface area contributed by atoms with Crippen molar-refractivity contribution in [3.63, 3.8) is 0 Å². The fraction of sp³-hybridized carbons (Fsp3) is 0.148. The van der Waals surface area contributed by atoms with Gasteiger partial charge in [-0.3, -0.25) is 19.8 Å². The van der Waals surface area contributed by atoms with Gasteiger partial charge in [0.15, 0.2) is 0 Å². The Bertz CT molecular complexity index is 1480. The molecule has 3 N–H and O–H groups in total. The third-order valence-electron chi connectivity index (χ3n) is 5.62. The van der Waals surface area contributed by atoms with Crippen LogP contribution in [0, 0.1) is 13.8 Å². The fourth-order valence-electron chi connectivity index (χ4n) is 3.67. The summed E-state index contributed by atoms with van der Waals surface area (Å²) in [4.78, 5) is 38.8. The molecule has 0 aliphatic rings. The number of hydrogen-bond acceptors (Lipinski definition) is 4. The minimum Gasteiger partial charge on any atom is -0.492 e. The van der Waals surface area contributed by atoms with Crippen LogP contribution in [0.2, 0.25) is 5.02 Å². The number of ether oxygens (including phenoxy) is 1. The molecule has 3 aromatic carbocycles. The lowest BCUT2D eigenvalue weighted by molar-refractivity contribution is -0.133. The van der Waals surface area contributed by atoms with Crippen molar-refractivity contribution in [3.05, 3.63) is 88.6 Å². The maximum absolute atomic E-state index is 13.2. The highest BCUT2D eigenvalue weighted by Gasteiger charge is 2.22. The number of para-hydroxylation sites is 2. The molecule has 9 heteroatoms. The highest BCUT2D eigenvalue weighted by Crippen LogP contribution is 2.25. The highest BCUT2D eigenvalue weighted by atomic mass is 35.5. The smallest absolute Gasteiger partial charge is 0.328 e. The molecule has 0 aliphatic heterocycles. The molecule has 1 heterocycles. The summed E-state index contributed by atoms with van der Waals surface area (Å²) in [6.45, 7) is 6.15. The zero-order valence-corrected chi connectivity index (χ0v) is 20.8. The molecular formula is C27H25ClN4O4. The quantitative estimate of drug-likeness (QED) is 0.311. The van der Waals surface area contributed by atoms with Gasteiger partial charge in [-0.2, -0.15) is 0 Å². The van der Waals surface area contributed by atoms with Gasteiger partial charge in [0.1, 0.15) is 11.4 Å². The van der Waals surface area contributed by atoms with E-state index in [-0.39, 0.29) is 5.69 Å². The standard InChI is InChI=1S/C27H25ClN4O4/c1-4-36-24-8-6-5-7-21(24)30-26(34)27(35)31-32-22-12-10-19(28)14-18(22)15-23(32)25(33)29-20-11-9-16(2)17(3)13-20/h5-15H,4H2,1-3H3,(H,29,33)(H,30,34)(H,31,35). The van der Waals surface area contributed by atoms with Gasteiger partial charge in [0.05, 0.1) is 17.8 Å². The number of nitrogens with one attached hydrogen (secondary N) is 3. The number of carbonyl (C=O) groups is 3. The van der Waals surface area contributed by atoms with Gasteiger partial charge in [-0.1, -0.05) is 29.8 Å². The summed E-state index contributed by atoms with van der Waals surface area (Å²) in [6, 6.07) is 18.9. The number of aryl methyl sites for hydroxylation is 2. The Labute approximate surface area is 213 Å². The van der Waals surface area contributed by atoms with Gasteiger partial charge in [0, 0.05) is 16.1 Å². The van der Waals surface area contributed by atoms with E-state index in [1.807, 2.05) is 32.9 Å². The lowest BCUT2D eigenvalue weighted by Crippen LogP contribution is -2.36. The molecule has 184 valence electrons. The Morgan fingerprint density at radius 1 is 0.889 bits per heavy atom. The number of fused-ring (bicyclic) bond motifs is 1. The number of amides is 3. The van der Waals surface area contributed by atoms with E-state index < -0.39 is 17.7 Å². The molecule has 0 unspecified atom stereocenters. The minimum absolute atomic E-state index is 0.126. The lowest BCUT2D eigenvalue weighted by atomic mass is 10.1. The molecule has 1 aromatic heterocycles. The number of aromatic nitrogens is 1. The number of anilines is 2. The second-order valence-corrected chi connectivity index (χ2v) is 8.58. The Kier molecular flexibility index (Phi) is 7.26. The van der Waals surface area contributed by atoms with E-state index in [1.54, 1.807) is 54.6 Å². The Balaban J connectivity index is 1.62. The molecule has 0 aliphatic carbocycles. The average molecular weight is 505 g/mol. The first-order valence-electron chi connectivity index (χ1n) is 11.3. The normalized spacial score (nSPS) is 10.7. The van der Waals surface area contributed by atoms with E-state index in [4.69, 9.17) is 16.3 Å². The van der Waals surface area contributed by atoms with Crippen molar-refractivity contribution in [3.8, 4) is 5.75 Å². The number of benzene rings is 3. The van der Waals surface area contributed by atoms with E-state index in [1.165, 1.54) is 4.68 Å². The number of carbonyl (C=O) groups excluding carboxylic acids is 3. The maximum Gasteiger partial charge on any atom is 0.328 e. The Morgan fingerprint density at radius 3 is 2.42 bits per heavy atom. The van der Waals surface area contributed by atoms with Crippen molar-refractivity contribution in [2.75, 3.05) is 22.7 Å². The van der Waals surface area contributed by atoms with Crippen LogP contribution >= 0.6 is 11.6 Å². The van der Waals surface area contributed by atoms with Gasteiger partial charge >= 0.3 is 11.8 Å². The molecule has 0 bridgehead atoms. The fourth-order valence-corrected chi connectivity index (χ4v) is 3.85. The second kappa shape index (κ2) is 10.5. The van der Waals surface area contributed by atoms with Crippen LogP contribution in [0.15, 0.2) is 66.7 Å². The minimum atomic E-state index is -0.964. The SMILES string of the molecule is CCOc1ccccc1NC(=O)C(=O)Nn1c(C(=O)Nc2ccc(C)c(C)c2)cc2cc(Cl)ccc21. The lowest BCUT2D eigenvalue weighted by Gasteiger charge is -2.14. The third-order valence-corrected chi connectivity index (χ3v) is 5.85. The first-order chi connectivity index (χ1) is 17.3. The summed E-state index contributed by atoms with van der Waals surface area (Å²) in [5, 5.41) is 6.49. The van der Waals surface area contributed by atoms with Gasteiger partial charge < -0.3 is 15.4 Å². The van der Waals surface area contributed by atoms with E-state index in [0.717, 1.165) is 11.1 Å². The zero-order valence-electron chi connectivity index (χ0n) is 20.0. The van der Waals surface area contributed by atoms with Gasteiger partial charge in [-0.15, -0.1) is 0 Å². The molecule has 0 atom stereocenters. The van der Waals surface area contributed by atoms with E-state index in [2.05, 4.69) is 16.1 Å². The number of rotatable bonds is 6. The zero-order chi connectivity index (χ0) is 25.8. The maximum atomic E-state index is 13.2. The summed E-state index contributed by atoms with van der Waals surface area (Å²) < 4.78 is 6.77. The Morgan fingerprint density at radius 2 is 1.67 bits per heavy atom. The molecular weight excluding hydrogens is 480 g/mol. The van der Waals surface area contributed by atoms with Crippen molar-refractivity contribution in [1.82, 2.24) is 4.68 Å². The van der Waals surface area contributed by atoms with Crippen LogP contribution in [-0.4, -0.2) is 29.0 Å². The van der Waals surface area contributed by atoms with Gasteiger partial charge in [0.25, 0.3) is 5.91 Å². The first-order valence-corrected chi connectivity index (χ1v) is 11.7. The summed E-state index contributed by atoms with van der Waals surface area (Å²) >= 11 is 6.14. The van der Waals surface area contributed by atoms with Crippen molar-refractivity contribution < 1.29 is 19.1 Å². The number of nitrogens with zero attached hydrogens (tertiary/aromatic N) is 1. The van der Waals surface area contributed by atoms with Crippen LogP contribution in [0.4, 0.5) is 11.4 Å². The number of hydrogen-bond donors (Lipinski definition) is 3.